The summed E-state index contributed by atoms with van der Waals surface area (Å²) in [5, 5.41) is 14.9. The quantitative estimate of drug-likeness (QED) is 0.778. The summed E-state index contributed by atoms with van der Waals surface area (Å²) in [6.07, 6.45) is 1.09. The third kappa shape index (κ3) is 6.94. The zero-order chi connectivity index (χ0) is 16.1. The maximum Gasteiger partial charge on any atom is 0.413 e. The highest BCUT2D eigenvalue weighted by atomic mass is 16.6. The maximum atomic E-state index is 11.6. The average Bonchev–Trinajstić information content (AvgIpc) is 2.36. The molecule has 0 aliphatic heterocycles. The van der Waals surface area contributed by atoms with Crippen LogP contribution < -0.4 is 10.6 Å². The molecule has 0 radical (unpaired) electrons. The molecule has 0 spiro atoms. The summed E-state index contributed by atoms with van der Waals surface area (Å²) in [7, 11) is 0. The van der Waals surface area contributed by atoms with E-state index in [0.29, 0.717) is 12.4 Å². The summed E-state index contributed by atoms with van der Waals surface area (Å²) in [4.78, 5) is 15.7. The van der Waals surface area contributed by atoms with Gasteiger partial charge < -0.3 is 15.2 Å². The van der Waals surface area contributed by atoms with Gasteiger partial charge >= 0.3 is 6.09 Å². The molecule has 0 aliphatic carbocycles. The molecule has 6 heteroatoms. The van der Waals surface area contributed by atoms with Gasteiger partial charge in [0.15, 0.2) is 0 Å². The third-order valence-corrected chi connectivity index (χ3v) is 2.59. The topological polar surface area (TPSA) is 83.5 Å². The molecule has 0 atom stereocenters. The number of aromatic nitrogens is 1. The molecule has 1 aromatic heterocycles. The van der Waals surface area contributed by atoms with Crippen molar-refractivity contribution >= 4 is 17.6 Å². The minimum Gasteiger partial charge on any atom is -0.444 e. The fourth-order valence-corrected chi connectivity index (χ4v) is 1.38. The van der Waals surface area contributed by atoms with Crippen LogP contribution in [0.5, 0.6) is 0 Å². The van der Waals surface area contributed by atoms with Gasteiger partial charge in [-0.05, 0) is 32.9 Å². The maximum absolute atomic E-state index is 11.6. The molecule has 0 unspecified atom stereocenters. The SMILES string of the molecule is CC(C)(CO)CNc1ccc(NC(=O)OC(C)(C)C)nc1. The van der Waals surface area contributed by atoms with Gasteiger partial charge in [0.05, 0.1) is 11.9 Å². The largest absolute Gasteiger partial charge is 0.444 e. The first-order valence-electron chi connectivity index (χ1n) is 6.92. The number of hydrogen-bond acceptors (Lipinski definition) is 5. The van der Waals surface area contributed by atoms with Gasteiger partial charge in [-0.2, -0.15) is 0 Å². The third-order valence-electron chi connectivity index (χ3n) is 2.59. The van der Waals surface area contributed by atoms with E-state index in [-0.39, 0.29) is 12.0 Å². The lowest BCUT2D eigenvalue weighted by Gasteiger charge is -2.22. The summed E-state index contributed by atoms with van der Waals surface area (Å²) in [5.74, 6) is 0.427. The summed E-state index contributed by atoms with van der Waals surface area (Å²) in [5.41, 5.74) is 0.0841. The van der Waals surface area contributed by atoms with Gasteiger partial charge in [-0.1, -0.05) is 13.8 Å². The second-order valence-electron chi connectivity index (χ2n) is 6.73. The number of carbonyl (C=O) groups is 1. The molecule has 0 fully saturated rings. The van der Waals surface area contributed by atoms with Crippen molar-refractivity contribution in [3.05, 3.63) is 18.3 Å². The molecule has 0 saturated heterocycles. The van der Waals surface area contributed by atoms with Crippen molar-refractivity contribution in [2.45, 2.75) is 40.2 Å². The van der Waals surface area contributed by atoms with E-state index in [1.807, 2.05) is 19.9 Å². The van der Waals surface area contributed by atoms with Crippen LogP contribution in [0.25, 0.3) is 0 Å². The van der Waals surface area contributed by atoms with E-state index in [1.165, 1.54) is 0 Å². The fourth-order valence-electron chi connectivity index (χ4n) is 1.38. The molecular weight excluding hydrogens is 270 g/mol. The minimum atomic E-state index is -0.540. The highest BCUT2D eigenvalue weighted by Crippen LogP contribution is 2.17. The predicted molar refractivity (Wildman–Crippen MR) is 83.5 cm³/mol. The number of nitrogens with zero attached hydrogens (tertiary/aromatic N) is 1. The van der Waals surface area contributed by atoms with Gasteiger partial charge in [0, 0.05) is 18.6 Å². The van der Waals surface area contributed by atoms with Crippen molar-refractivity contribution in [1.29, 1.82) is 0 Å². The van der Waals surface area contributed by atoms with E-state index in [2.05, 4.69) is 15.6 Å². The standard InChI is InChI=1S/C15H25N3O3/c1-14(2,3)21-13(20)18-12-7-6-11(8-16-12)17-9-15(4,5)10-19/h6-8,17,19H,9-10H2,1-5H3,(H,16,18,20). The Bertz CT molecular complexity index is 464. The smallest absolute Gasteiger partial charge is 0.413 e. The molecule has 0 saturated carbocycles. The molecule has 1 heterocycles. The predicted octanol–water partition coefficient (Wildman–Crippen LogP) is 2.86. The first-order valence-corrected chi connectivity index (χ1v) is 6.92. The van der Waals surface area contributed by atoms with Gasteiger partial charge in [-0.3, -0.25) is 5.32 Å². The Morgan fingerprint density at radius 2 is 1.95 bits per heavy atom. The van der Waals surface area contributed by atoms with Crippen LogP contribution in [0.3, 0.4) is 0 Å². The molecule has 0 bridgehead atoms. The normalized spacial score (nSPS) is 11.9. The molecule has 0 aromatic carbocycles. The Balaban J connectivity index is 2.53. The Kier molecular flexibility index (Phi) is 5.54. The molecule has 1 aromatic rings. The number of ether oxygens (including phenoxy) is 1. The van der Waals surface area contributed by atoms with E-state index >= 15 is 0 Å². The molecular formula is C15H25N3O3. The van der Waals surface area contributed by atoms with Gasteiger partial charge in [-0.15, -0.1) is 0 Å². The first-order chi connectivity index (χ1) is 9.61. The van der Waals surface area contributed by atoms with Crippen LogP contribution in [0.15, 0.2) is 18.3 Å². The summed E-state index contributed by atoms with van der Waals surface area (Å²) >= 11 is 0. The first kappa shape index (κ1) is 17.2. The van der Waals surface area contributed by atoms with E-state index in [4.69, 9.17) is 4.74 Å². The van der Waals surface area contributed by atoms with Crippen LogP contribution >= 0.6 is 0 Å². The number of pyridine rings is 1. The van der Waals surface area contributed by atoms with Gasteiger partial charge in [0.2, 0.25) is 0 Å². The summed E-state index contributed by atoms with van der Waals surface area (Å²) < 4.78 is 5.15. The number of hydrogen-bond donors (Lipinski definition) is 3. The fraction of sp³-hybridized carbons (Fsp3) is 0.600. The summed E-state index contributed by atoms with van der Waals surface area (Å²) in [6, 6.07) is 3.51. The summed E-state index contributed by atoms with van der Waals surface area (Å²) in [6.45, 7) is 10.1. The molecule has 3 N–H and O–H groups in total. The molecule has 1 rings (SSSR count). The monoisotopic (exact) mass is 295 g/mol. The highest BCUT2D eigenvalue weighted by Gasteiger charge is 2.17. The van der Waals surface area contributed by atoms with E-state index < -0.39 is 11.7 Å². The Labute approximate surface area is 125 Å². The Morgan fingerprint density at radius 1 is 1.29 bits per heavy atom. The van der Waals surface area contributed by atoms with Crippen molar-refractivity contribution in [2.24, 2.45) is 5.41 Å². The van der Waals surface area contributed by atoms with Crippen molar-refractivity contribution in [3.63, 3.8) is 0 Å². The number of carbonyl (C=O) groups excluding carboxylic acids is 1. The van der Waals surface area contributed by atoms with Crippen LogP contribution in [-0.4, -0.2) is 34.9 Å². The molecule has 0 aliphatic rings. The zero-order valence-electron chi connectivity index (χ0n) is 13.4. The van der Waals surface area contributed by atoms with Crippen LogP contribution in [0.4, 0.5) is 16.3 Å². The van der Waals surface area contributed by atoms with E-state index in [0.717, 1.165) is 5.69 Å². The van der Waals surface area contributed by atoms with E-state index in [9.17, 15) is 9.90 Å². The molecule has 1 amide bonds. The van der Waals surface area contributed by atoms with Crippen LogP contribution in [0.1, 0.15) is 34.6 Å². The van der Waals surface area contributed by atoms with Gasteiger partial charge in [0.1, 0.15) is 11.4 Å². The van der Waals surface area contributed by atoms with Crippen molar-refractivity contribution in [2.75, 3.05) is 23.8 Å². The van der Waals surface area contributed by atoms with Crippen molar-refractivity contribution < 1.29 is 14.6 Å². The molecule has 118 valence electrons. The Morgan fingerprint density at radius 3 is 2.43 bits per heavy atom. The average molecular weight is 295 g/mol. The number of amides is 1. The lowest BCUT2D eigenvalue weighted by molar-refractivity contribution is 0.0635. The zero-order valence-corrected chi connectivity index (χ0v) is 13.4. The molecule has 21 heavy (non-hydrogen) atoms. The number of rotatable bonds is 5. The van der Waals surface area contributed by atoms with Crippen LogP contribution in [0.2, 0.25) is 0 Å². The minimum absolute atomic E-state index is 0.103. The lowest BCUT2D eigenvalue weighted by atomic mass is 9.95. The van der Waals surface area contributed by atoms with Crippen LogP contribution in [-0.2, 0) is 4.74 Å². The van der Waals surface area contributed by atoms with Crippen molar-refractivity contribution in [3.8, 4) is 0 Å². The van der Waals surface area contributed by atoms with Gasteiger partial charge in [-0.25, -0.2) is 9.78 Å². The number of anilines is 2. The van der Waals surface area contributed by atoms with Crippen molar-refractivity contribution in [1.82, 2.24) is 4.98 Å². The van der Waals surface area contributed by atoms with E-state index in [1.54, 1.807) is 33.0 Å². The second kappa shape index (κ2) is 6.76. The number of aliphatic hydroxyl groups is 1. The molecule has 6 nitrogen and oxygen atoms in total. The highest BCUT2D eigenvalue weighted by molar-refractivity contribution is 5.83. The number of aliphatic hydroxyl groups excluding tert-OH is 1. The lowest BCUT2D eigenvalue weighted by Crippen LogP contribution is -2.27. The van der Waals surface area contributed by atoms with Crippen LogP contribution in [0, 0.1) is 5.41 Å². The second-order valence-corrected chi connectivity index (χ2v) is 6.73. The van der Waals surface area contributed by atoms with Gasteiger partial charge in [0.25, 0.3) is 0 Å². The number of nitrogens with one attached hydrogen (secondary N) is 2. The Hall–Kier alpha value is -1.82.